The SMILES string of the molecule is O=C(COC1CCCCCC1)Cc1ccccc1F. The lowest BCUT2D eigenvalue weighted by molar-refractivity contribution is -0.125. The van der Waals surface area contributed by atoms with Crippen molar-refractivity contribution >= 4 is 5.78 Å². The fourth-order valence-corrected chi connectivity index (χ4v) is 2.52. The summed E-state index contributed by atoms with van der Waals surface area (Å²) in [5, 5.41) is 0. The average Bonchev–Trinajstić information content (AvgIpc) is 2.68. The van der Waals surface area contributed by atoms with Gasteiger partial charge in [0.15, 0.2) is 5.78 Å². The predicted molar refractivity (Wildman–Crippen MR) is 72.6 cm³/mol. The van der Waals surface area contributed by atoms with Gasteiger partial charge in [-0.3, -0.25) is 4.79 Å². The zero-order valence-corrected chi connectivity index (χ0v) is 11.2. The first-order valence-electron chi connectivity index (χ1n) is 7.12. The van der Waals surface area contributed by atoms with Gasteiger partial charge in [0.1, 0.15) is 12.4 Å². The Morgan fingerprint density at radius 3 is 2.53 bits per heavy atom. The first-order valence-corrected chi connectivity index (χ1v) is 7.12. The van der Waals surface area contributed by atoms with Gasteiger partial charge < -0.3 is 4.74 Å². The highest BCUT2D eigenvalue weighted by atomic mass is 19.1. The molecule has 0 atom stereocenters. The lowest BCUT2D eigenvalue weighted by Gasteiger charge is -2.14. The largest absolute Gasteiger partial charge is 0.370 e. The van der Waals surface area contributed by atoms with Crippen molar-refractivity contribution in [3.8, 4) is 0 Å². The Kier molecular flexibility index (Phi) is 5.52. The zero-order valence-electron chi connectivity index (χ0n) is 11.2. The van der Waals surface area contributed by atoms with Gasteiger partial charge in [-0.2, -0.15) is 0 Å². The van der Waals surface area contributed by atoms with Crippen LogP contribution in [0.15, 0.2) is 24.3 Å². The third-order valence-electron chi connectivity index (χ3n) is 3.63. The van der Waals surface area contributed by atoms with Crippen LogP contribution in [0.4, 0.5) is 4.39 Å². The highest BCUT2D eigenvalue weighted by Crippen LogP contribution is 2.19. The van der Waals surface area contributed by atoms with E-state index in [0.717, 1.165) is 12.8 Å². The van der Waals surface area contributed by atoms with E-state index >= 15 is 0 Å². The lowest BCUT2D eigenvalue weighted by atomic mass is 10.1. The lowest BCUT2D eigenvalue weighted by Crippen LogP contribution is -2.19. The standard InChI is InChI=1S/C16H21FO2/c17-16-10-6-5-7-13(16)11-14(18)12-19-15-8-3-1-2-4-9-15/h5-7,10,15H,1-4,8-9,11-12H2. The summed E-state index contributed by atoms with van der Waals surface area (Å²) in [6.07, 6.45) is 7.34. The first kappa shape index (κ1) is 14.2. The number of rotatable bonds is 5. The number of benzene rings is 1. The molecule has 0 amide bonds. The summed E-state index contributed by atoms with van der Waals surface area (Å²) >= 11 is 0. The molecule has 0 radical (unpaired) electrons. The molecule has 1 saturated carbocycles. The van der Waals surface area contributed by atoms with Gasteiger partial charge in [-0.05, 0) is 24.5 Å². The number of halogens is 1. The van der Waals surface area contributed by atoms with Gasteiger partial charge in [0.25, 0.3) is 0 Å². The average molecular weight is 264 g/mol. The Hall–Kier alpha value is -1.22. The van der Waals surface area contributed by atoms with Crippen LogP contribution in [-0.4, -0.2) is 18.5 Å². The Bertz CT molecular complexity index is 409. The molecule has 1 aliphatic carbocycles. The van der Waals surface area contributed by atoms with E-state index in [4.69, 9.17) is 4.74 Å². The van der Waals surface area contributed by atoms with E-state index < -0.39 is 0 Å². The monoisotopic (exact) mass is 264 g/mol. The molecule has 0 spiro atoms. The second-order valence-corrected chi connectivity index (χ2v) is 5.23. The molecule has 0 bridgehead atoms. The minimum absolute atomic E-state index is 0.0469. The van der Waals surface area contributed by atoms with Crippen LogP contribution in [-0.2, 0) is 16.0 Å². The number of ether oxygens (including phenoxy) is 1. The maximum absolute atomic E-state index is 13.4. The molecule has 3 heteroatoms. The molecule has 0 aliphatic heterocycles. The van der Waals surface area contributed by atoms with Crippen molar-refractivity contribution < 1.29 is 13.9 Å². The van der Waals surface area contributed by atoms with Gasteiger partial charge in [0, 0.05) is 6.42 Å². The Labute approximate surface area is 114 Å². The summed E-state index contributed by atoms with van der Waals surface area (Å²) in [4.78, 5) is 11.8. The predicted octanol–water partition coefficient (Wildman–Crippen LogP) is 3.68. The number of Topliss-reactive ketones (excluding diaryl/α,β-unsaturated/α-hetero) is 1. The second-order valence-electron chi connectivity index (χ2n) is 5.23. The molecule has 0 heterocycles. The number of hydrogen-bond donors (Lipinski definition) is 0. The third kappa shape index (κ3) is 4.75. The van der Waals surface area contributed by atoms with Crippen LogP contribution < -0.4 is 0 Å². The van der Waals surface area contributed by atoms with Crippen LogP contribution in [0.25, 0.3) is 0 Å². The van der Waals surface area contributed by atoms with Crippen LogP contribution in [0.5, 0.6) is 0 Å². The minimum Gasteiger partial charge on any atom is -0.370 e. The van der Waals surface area contributed by atoms with Gasteiger partial charge in [-0.15, -0.1) is 0 Å². The van der Waals surface area contributed by atoms with Crippen molar-refractivity contribution in [2.24, 2.45) is 0 Å². The van der Waals surface area contributed by atoms with Gasteiger partial charge in [-0.25, -0.2) is 4.39 Å². The number of carbonyl (C=O) groups excluding carboxylic acids is 1. The summed E-state index contributed by atoms with van der Waals surface area (Å²) in [5.74, 6) is -0.361. The zero-order chi connectivity index (χ0) is 13.5. The molecule has 0 saturated heterocycles. The van der Waals surface area contributed by atoms with Crippen molar-refractivity contribution in [1.29, 1.82) is 0 Å². The molecule has 2 nitrogen and oxygen atoms in total. The maximum Gasteiger partial charge on any atom is 0.162 e. The van der Waals surface area contributed by atoms with Gasteiger partial charge >= 0.3 is 0 Å². The summed E-state index contributed by atoms with van der Waals surface area (Å²) in [6, 6.07) is 6.41. The second kappa shape index (κ2) is 7.39. The quantitative estimate of drug-likeness (QED) is 0.758. The molecule has 0 N–H and O–H groups in total. The van der Waals surface area contributed by atoms with Crippen LogP contribution in [0, 0.1) is 5.82 Å². The summed E-state index contributed by atoms with van der Waals surface area (Å²) in [7, 11) is 0. The van der Waals surface area contributed by atoms with E-state index in [9.17, 15) is 9.18 Å². The van der Waals surface area contributed by atoms with Crippen LogP contribution in [0.2, 0.25) is 0 Å². The molecular formula is C16H21FO2. The Balaban J connectivity index is 1.76. The van der Waals surface area contributed by atoms with E-state index in [1.165, 1.54) is 31.7 Å². The molecular weight excluding hydrogens is 243 g/mol. The van der Waals surface area contributed by atoms with Crippen molar-refractivity contribution in [2.75, 3.05) is 6.61 Å². The topological polar surface area (TPSA) is 26.3 Å². The van der Waals surface area contributed by atoms with E-state index in [2.05, 4.69) is 0 Å². The number of carbonyl (C=O) groups is 1. The van der Waals surface area contributed by atoms with E-state index in [1.807, 2.05) is 0 Å². The normalized spacial score (nSPS) is 17.1. The fourth-order valence-electron chi connectivity index (χ4n) is 2.52. The molecule has 2 rings (SSSR count). The van der Waals surface area contributed by atoms with Gasteiger partial charge in [0.2, 0.25) is 0 Å². The molecule has 1 aliphatic rings. The Morgan fingerprint density at radius 1 is 1.16 bits per heavy atom. The fraction of sp³-hybridized carbons (Fsp3) is 0.562. The van der Waals surface area contributed by atoms with Gasteiger partial charge in [-0.1, -0.05) is 43.9 Å². The van der Waals surface area contributed by atoms with Crippen molar-refractivity contribution in [3.05, 3.63) is 35.6 Å². The molecule has 0 aromatic heterocycles. The van der Waals surface area contributed by atoms with E-state index in [0.29, 0.717) is 5.56 Å². The summed E-state index contributed by atoms with van der Waals surface area (Å²) in [5.41, 5.74) is 0.456. The molecule has 19 heavy (non-hydrogen) atoms. The van der Waals surface area contributed by atoms with E-state index in [1.54, 1.807) is 18.2 Å². The number of hydrogen-bond acceptors (Lipinski definition) is 2. The van der Waals surface area contributed by atoms with Crippen molar-refractivity contribution in [3.63, 3.8) is 0 Å². The highest BCUT2D eigenvalue weighted by Gasteiger charge is 2.15. The molecule has 1 fully saturated rings. The first-order chi connectivity index (χ1) is 9.25. The van der Waals surface area contributed by atoms with Crippen LogP contribution in [0.3, 0.4) is 0 Å². The van der Waals surface area contributed by atoms with Crippen LogP contribution >= 0.6 is 0 Å². The molecule has 1 aromatic rings. The third-order valence-corrected chi connectivity index (χ3v) is 3.63. The van der Waals surface area contributed by atoms with E-state index in [-0.39, 0.29) is 30.7 Å². The number of ketones is 1. The van der Waals surface area contributed by atoms with Crippen molar-refractivity contribution in [1.82, 2.24) is 0 Å². The summed E-state index contributed by atoms with van der Waals surface area (Å²) < 4.78 is 19.1. The summed E-state index contributed by atoms with van der Waals surface area (Å²) in [6.45, 7) is 0.110. The molecule has 0 unspecified atom stereocenters. The highest BCUT2D eigenvalue weighted by molar-refractivity contribution is 5.82. The Morgan fingerprint density at radius 2 is 1.84 bits per heavy atom. The van der Waals surface area contributed by atoms with Gasteiger partial charge in [0.05, 0.1) is 6.10 Å². The smallest absolute Gasteiger partial charge is 0.162 e. The minimum atomic E-state index is -0.315. The molecule has 104 valence electrons. The van der Waals surface area contributed by atoms with Crippen LogP contribution in [0.1, 0.15) is 44.1 Å². The maximum atomic E-state index is 13.4. The molecule has 1 aromatic carbocycles. The van der Waals surface area contributed by atoms with Crippen molar-refractivity contribution in [2.45, 2.75) is 51.0 Å².